The van der Waals surface area contributed by atoms with E-state index in [0.717, 1.165) is 12.0 Å². The third kappa shape index (κ3) is 11.4. The van der Waals surface area contributed by atoms with Crippen LogP contribution in [-0.4, -0.2) is 44.8 Å². The van der Waals surface area contributed by atoms with Crippen LogP contribution in [0.15, 0.2) is 46.8 Å². The van der Waals surface area contributed by atoms with Gasteiger partial charge in [0.1, 0.15) is 6.61 Å². The summed E-state index contributed by atoms with van der Waals surface area (Å²) in [4.78, 5) is 16.7. The highest BCUT2D eigenvalue weighted by molar-refractivity contribution is 14.0. The van der Waals surface area contributed by atoms with Crippen LogP contribution in [0.2, 0.25) is 0 Å². The lowest BCUT2D eigenvalue weighted by atomic mass is 10.1. The lowest BCUT2D eigenvalue weighted by Crippen LogP contribution is -2.38. The quantitative estimate of drug-likeness (QED) is 0.175. The minimum Gasteiger partial charge on any atom is -0.367 e. The Labute approximate surface area is 200 Å². The fraction of sp³-hybridized carbons (Fsp3) is 0.400. The van der Waals surface area contributed by atoms with E-state index in [2.05, 4.69) is 25.7 Å². The smallest absolute Gasteiger partial charge is 0.367 e. The molecule has 0 atom stereocenters. The minimum absolute atomic E-state index is 0. The number of nitrogens with zero attached hydrogens (tertiary/aromatic N) is 1. The number of hydrogen-bond donors (Lipinski definition) is 3. The molecule has 0 spiro atoms. The molecule has 31 heavy (non-hydrogen) atoms. The Kier molecular flexibility index (Phi) is 12.5. The highest BCUT2D eigenvalue weighted by Gasteiger charge is 2.27. The minimum atomic E-state index is -4.32. The first-order chi connectivity index (χ1) is 14.4. The van der Waals surface area contributed by atoms with Gasteiger partial charge in [-0.3, -0.25) is 9.79 Å². The van der Waals surface area contributed by atoms with Gasteiger partial charge in [-0.25, -0.2) is 0 Å². The summed E-state index contributed by atoms with van der Waals surface area (Å²) < 4.78 is 40.9. The van der Waals surface area contributed by atoms with E-state index in [1.165, 1.54) is 11.3 Å². The van der Waals surface area contributed by atoms with Crippen molar-refractivity contribution < 1.29 is 22.7 Å². The zero-order valence-corrected chi connectivity index (χ0v) is 20.1. The second kappa shape index (κ2) is 14.2. The summed E-state index contributed by atoms with van der Waals surface area (Å²) in [6.07, 6.45) is -3.58. The Balaban J connectivity index is 0.00000480. The number of guanidine groups is 1. The van der Waals surface area contributed by atoms with E-state index in [0.29, 0.717) is 36.0 Å². The van der Waals surface area contributed by atoms with Crippen LogP contribution in [-0.2, 0) is 17.9 Å². The molecule has 11 heteroatoms. The number of benzene rings is 1. The van der Waals surface area contributed by atoms with Gasteiger partial charge in [0.05, 0.1) is 11.5 Å². The van der Waals surface area contributed by atoms with Crippen molar-refractivity contribution in [3.8, 4) is 0 Å². The van der Waals surface area contributed by atoms with Crippen molar-refractivity contribution in [2.24, 2.45) is 4.99 Å². The maximum atomic E-state index is 12.1. The largest absolute Gasteiger partial charge is 0.411 e. The van der Waals surface area contributed by atoms with E-state index in [1.54, 1.807) is 25.2 Å². The van der Waals surface area contributed by atoms with Gasteiger partial charge >= 0.3 is 6.18 Å². The van der Waals surface area contributed by atoms with Crippen molar-refractivity contribution >= 4 is 47.2 Å². The van der Waals surface area contributed by atoms with Crippen LogP contribution >= 0.6 is 35.3 Å². The number of ether oxygens (including phenoxy) is 1. The molecule has 2 aromatic rings. The molecule has 172 valence electrons. The van der Waals surface area contributed by atoms with Crippen LogP contribution in [0.4, 0.5) is 13.2 Å². The molecule has 6 nitrogen and oxygen atoms in total. The normalized spacial score (nSPS) is 11.5. The lowest BCUT2D eigenvalue weighted by molar-refractivity contribution is -0.176. The van der Waals surface area contributed by atoms with Gasteiger partial charge in [0.15, 0.2) is 5.96 Å². The van der Waals surface area contributed by atoms with Gasteiger partial charge in [-0.05, 0) is 29.0 Å². The van der Waals surface area contributed by atoms with Crippen molar-refractivity contribution in [3.05, 3.63) is 57.8 Å². The standard InChI is InChI=1S/C20H25F3N4O2S.HI/c1-24-19(26-10-3-9-25-18(28)17-4-2-11-30-17)27-12-15-5-7-16(8-6-15)13-29-14-20(21,22)23;/h2,4-8,11H,3,9-10,12-14H2,1H3,(H,25,28)(H2,24,26,27);1H. The number of hydrogen-bond acceptors (Lipinski definition) is 4. The average molecular weight is 570 g/mol. The molecule has 2 rings (SSSR count). The van der Waals surface area contributed by atoms with Crippen LogP contribution in [0, 0.1) is 0 Å². The zero-order chi connectivity index (χ0) is 21.8. The maximum absolute atomic E-state index is 12.1. The maximum Gasteiger partial charge on any atom is 0.411 e. The molecule has 0 saturated heterocycles. The summed E-state index contributed by atoms with van der Waals surface area (Å²) in [7, 11) is 1.66. The van der Waals surface area contributed by atoms with E-state index >= 15 is 0 Å². The summed E-state index contributed by atoms with van der Waals surface area (Å²) in [5.41, 5.74) is 1.64. The van der Waals surface area contributed by atoms with Gasteiger partial charge in [-0.2, -0.15) is 13.2 Å². The number of carbonyl (C=O) groups excluding carboxylic acids is 1. The molecule has 0 bridgehead atoms. The number of aliphatic imine (C=N–C) groups is 1. The topological polar surface area (TPSA) is 74.8 Å². The fourth-order valence-corrected chi connectivity index (χ4v) is 3.08. The predicted molar refractivity (Wildman–Crippen MR) is 127 cm³/mol. The van der Waals surface area contributed by atoms with Gasteiger partial charge < -0.3 is 20.7 Å². The molecule has 1 amide bonds. The molecule has 0 aliphatic rings. The van der Waals surface area contributed by atoms with E-state index in [4.69, 9.17) is 0 Å². The molecule has 1 heterocycles. The molecular formula is C20H26F3IN4O2S. The Morgan fingerprint density at radius 3 is 2.35 bits per heavy atom. The average Bonchev–Trinajstić information content (AvgIpc) is 3.25. The Morgan fingerprint density at radius 1 is 1.06 bits per heavy atom. The highest BCUT2D eigenvalue weighted by atomic mass is 127. The first-order valence-electron chi connectivity index (χ1n) is 9.36. The molecule has 0 unspecified atom stereocenters. The van der Waals surface area contributed by atoms with Crippen LogP contribution in [0.1, 0.15) is 27.2 Å². The first kappa shape index (κ1) is 27.2. The summed E-state index contributed by atoms with van der Waals surface area (Å²) in [6, 6.07) is 10.7. The van der Waals surface area contributed by atoms with E-state index in [1.807, 2.05) is 23.6 Å². The zero-order valence-electron chi connectivity index (χ0n) is 17.0. The number of alkyl halides is 3. The van der Waals surface area contributed by atoms with Gasteiger partial charge in [-0.15, -0.1) is 35.3 Å². The van der Waals surface area contributed by atoms with E-state index in [-0.39, 0.29) is 36.5 Å². The molecule has 0 radical (unpaired) electrons. The first-order valence-corrected chi connectivity index (χ1v) is 10.2. The van der Waals surface area contributed by atoms with Gasteiger partial charge in [0.2, 0.25) is 0 Å². The number of amides is 1. The van der Waals surface area contributed by atoms with Crippen LogP contribution in [0.25, 0.3) is 0 Å². The number of carbonyl (C=O) groups is 1. The molecular weight excluding hydrogens is 544 g/mol. The van der Waals surface area contributed by atoms with Gasteiger partial charge in [0, 0.05) is 26.7 Å². The monoisotopic (exact) mass is 570 g/mol. The van der Waals surface area contributed by atoms with Crippen LogP contribution < -0.4 is 16.0 Å². The molecule has 0 aliphatic heterocycles. The SMILES string of the molecule is CN=C(NCCCNC(=O)c1cccs1)NCc1ccc(COCC(F)(F)F)cc1.I. The second-order valence-electron chi connectivity index (χ2n) is 6.36. The summed E-state index contributed by atoms with van der Waals surface area (Å²) in [5.74, 6) is 0.553. The summed E-state index contributed by atoms with van der Waals surface area (Å²) in [5, 5.41) is 11.1. The van der Waals surface area contributed by atoms with Crippen molar-refractivity contribution in [2.45, 2.75) is 25.7 Å². The summed E-state index contributed by atoms with van der Waals surface area (Å²) in [6.45, 7) is 0.367. The fourth-order valence-electron chi connectivity index (χ4n) is 2.44. The van der Waals surface area contributed by atoms with Crippen molar-refractivity contribution in [2.75, 3.05) is 26.7 Å². The number of thiophene rings is 1. The second-order valence-corrected chi connectivity index (χ2v) is 7.31. The van der Waals surface area contributed by atoms with E-state index < -0.39 is 12.8 Å². The third-order valence-corrected chi connectivity index (χ3v) is 4.79. The van der Waals surface area contributed by atoms with Gasteiger partial charge in [0.25, 0.3) is 5.91 Å². The molecule has 1 aromatic heterocycles. The van der Waals surface area contributed by atoms with Crippen molar-refractivity contribution in [3.63, 3.8) is 0 Å². The predicted octanol–water partition coefficient (Wildman–Crippen LogP) is 3.93. The third-order valence-electron chi connectivity index (χ3n) is 3.92. The molecule has 0 fully saturated rings. The summed E-state index contributed by atoms with van der Waals surface area (Å²) >= 11 is 1.40. The number of nitrogens with one attached hydrogen (secondary N) is 3. The van der Waals surface area contributed by atoms with Crippen LogP contribution in [0.3, 0.4) is 0 Å². The molecule has 1 aromatic carbocycles. The van der Waals surface area contributed by atoms with Crippen molar-refractivity contribution in [1.29, 1.82) is 0 Å². The highest BCUT2D eigenvalue weighted by Crippen LogP contribution is 2.15. The Hall–Kier alpha value is -1.86. The van der Waals surface area contributed by atoms with E-state index in [9.17, 15) is 18.0 Å². The number of rotatable bonds is 10. The lowest BCUT2D eigenvalue weighted by Gasteiger charge is -2.12. The molecule has 0 aliphatic carbocycles. The Bertz CT molecular complexity index is 800. The van der Waals surface area contributed by atoms with Gasteiger partial charge in [-0.1, -0.05) is 30.3 Å². The number of halogens is 4. The van der Waals surface area contributed by atoms with Crippen LogP contribution in [0.5, 0.6) is 0 Å². The molecule has 3 N–H and O–H groups in total. The Morgan fingerprint density at radius 2 is 1.74 bits per heavy atom. The molecule has 0 saturated carbocycles. The van der Waals surface area contributed by atoms with Crippen molar-refractivity contribution in [1.82, 2.24) is 16.0 Å².